The number of benzene rings is 1. The lowest BCUT2D eigenvalue weighted by atomic mass is 10.3. The van der Waals surface area contributed by atoms with Crippen LogP contribution < -0.4 is 15.6 Å². The zero-order valence-corrected chi connectivity index (χ0v) is 5.45. The maximum atomic E-state index is 5.55. The van der Waals surface area contributed by atoms with Crippen LogP contribution in [0.1, 0.15) is 0 Å². The summed E-state index contributed by atoms with van der Waals surface area (Å²) >= 11 is 0. The van der Waals surface area contributed by atoms with Crippen molar-refractivity contribution in [1.29, 1.82) is 0 Å². The van der Waals surface area contributed by atoms with Crippen LogP contribution in [-0.4, -0.2) is 6.73 Å². The van der Waals surface area contributed by atoms with Crippen molar-refractivity contribution < 1.29 is 4.74 Å². The van der Waals surface area contributed by atoms with Gasteiger partial charge in [-0.15, -0.1) is 0 Å². The van der Waals surface area contributed by atoms with Gasteiger partial charge in [0.25, 0.3) is 0 Å². The number of hydrazine groups is 1. The van der Waals surface area contributed by atoms with E-state index in [9.17, 15) is 0 Å². The first-order chi connectivity index (χ1) is 4.88. The van der Waals surface area contributed by atoms with E-state index in [1.807, 2.05) is 24.3 Å². The second kappa shape index (κ2) is 1.88. The number of ether oxygens (including phenoxy) is 1. The smallest absolute Gasteiger partial charge is 0.175 e. The van der Waals surface area contributed by atoms with Gasteiger partial charge in [0.1, 0.15) is 5.75 Å². The third kappa shape index (κ3) is 0.642. The summed E-state index contributed by atoms with van der Waals surface area (Å²) in [6, 6.07) is 7.70. The summed E-state index contributed by atoms with van der Waals surface area (Å²) in [4.78, 5) is 0. The standard InChI is InChI=1S/C7H8N2O/c8-9-5-10-7-4-2-1-3-6(7)9/h1-4H,5,8H2. The molecule has 0 unspecified atom stereocenters. The van der Waals surface area contributed by atoms with Gasteiger partial charge >= 0.3 is 0 Å². The number of para-hydroxylation sites is 2. The molecule has 0 amide bonds. The summed E-state index contributed by atoms with van der Waals surface area (Å²) in [6.45, 7) is 0.458. The molecule has 0 aromatic heterocycles. The van der Waals surface area contributed by atoms with Gasteiger partial charge < -0.3 is 4.74 Å². The van der Waals surface area contributed by atoms with Gasteiger partial charge in [-0.25, -0.2) is 5.84 Å². The van der Waals surface area contributed by atoms with Gasteiger partial charge in [0, 0.05) is 0 Å². The van der Waals surface area contributed by atoms with E-state index in [4.69, 9.17) is 10.6 Å². The highest BCUT2D eigenvalue weighted by atomic mass is 16.5. The second-order valence-corrected chi connectivity index (χ2v) is 2.21. The fourth-order valence-corrected chi connectivity index (χ4v) is 1.03. The third-order valence-corrected chi connectivity index (χ3v) is 1.53. The Balaban J connectivity index is 2.51. The number of hydrogen-bond donors (Lipinski definition) is 1. The van der Waals surface area contributed by atoms with Crippen LogP contribution in [0.15, 0.2) is 24.3 Å². The lowest BCUT2D eigenvalue weighted by Crippen LogP contribution is -2.29. The molecule has 0 radical (unpaired) electrons. The van der Waals surface area contributed by atoms with E-state index in [-0.39, 0.29) is 0 Å². The van der Waals surface area contributed by atoms with Crippen molar-refractivity contribution in [3.05, 3.63) is 24.3 Å². The summed E-state index contributed by atoms with van der Waals surface area (Å²) < 4.78 is 5.21. The van der Waals surface area contributed by atoms with Crippen LogP contribution in [0.5, 0.6) is 5.75 Å². The lowest BCUT2D eigenvalue weighted by molar-refractivity contribution is 0.348. The van der Waals surface area contributed by atoms with Crippen LogP contribution in [-0.2, 0) is 0 Å². The molecule has 52 valence electrons. The van der Waals surface area contributed by atoms with Gasteiger partial charge in [-0.2, -0.15) is 0 Å². The van der Waals surface area contributed by atoms with Crippen molar-refractivity contribution >= 4 is 5.69 Å². The monoisotopic (exact) mass is 136 g/mol. The first kappa shape index (κ1) is 5.56. The van der Waals surface area contributed by atoms with Crippen molar-refractivity contribution in [2.75, 3.05) is 11.7 Å². The highest BCUT2D eigenvalue weighted by molar-refractivity contribution is 5.59. The van der Waals surface area contributed by atoms with Gasteiger partial charge in [-0.1, -0.05) is 12.1 Å². The van der Waals surface area contributed by atoms with E-state index in [2.05, 4.69) is 0 Å². The predicted molar refractivity (Wildman–Crippen MR) is 38.6 cm³/mol. The van der Waals surface area contributed by atoms with Gasteiger partial charge in [0.05, 0.1) is 5.69 Å². The molecular formula is C7H8N2O. The Morgan fingerprint density at radius 2 is 2.20 bits per heavy atom. The number of nitrogens with zero attached hydrogens (tertiary/aromatic N) is 1. The van der Waals surface area contributed by atoms with Gasteiger partial charge in [0.2, 0.25) is 0 Å². The summed E-state index contributed by atoms with van der Waals surface area (Å²) in [5, 5.41) is 1.58. The minimum Gasteiger partial charge on any atom is -0.470 e. The average Bonchev–Trinajstić information content (AvgIpc) is 2.34. The number of fused-ring (bicyclic) bond motifs is 1. The molecule has 0 atom stereocenters. The molecule has 0 fully saturated rings. The van der Waals surface area contributed by atoms with Crippen molar-refractivity contribution in [2.24, 2.45) is 5.84 Å². The Morgan fingerprint density at radius 3 is 3.00 bits per heavy atom. The minimum atomic E-state index is 0.458. The summed E-state index contributed by atoms with van der Waals surface area (Å²) in [7, 11) is 0. The average molecular weight is 136 g/mol. The molecule has 10 heavy (non-hydrogen) atoms. The molecule has 1 heterocycles. The van der Waals surface area contributed by atoms with Crippen LogP contribution >= 0.6 is 0 Å². The maximum absolute atomic E-state index is 5.55. The van der Waals surface area contributed by atoms with Crippen LogP contribution in [0, 0.1) is 0 Å². The van der Waals surface area contributed by atoms with Gasteiger partial charge in [-0.3, -0.25) is 5.01 Å². The van der Waals surface area contributed by atoms with Crippen LogP contribution in [0.3, 0.4) is 0 Å². The van der Waals surface area contributed by atoms with Crippen LogP contribution in [0.25, 0.3) is 0 Å². The largest absolute Gasteiger partial charge is 0.470 e. The molecule has 2 N–H and O–H groups in total. The van der Waals surface area contributed by atoms with Crippen molar-refractivity contribution in [1.82, 2.24) is 0 Å². The summed E-state index contributed by atoms with van der Waals surface area (Å²) in [6.07, 6.45) is 0. The number of rotatable bonds is 0. The molecule has 0 saturated heterocycles. The number of nitrogens with two attached hydrogens (primary N) is 1. The Morgan fingerprint density at radius 1 is 1.40 bits per heavy atom. The van der Waals surface area contributed by atoms with E-state index in [0.717, 1.165) is 11.4 Å². The SMILES string of the molecule is NN1COc2ccccc21. The van der Waals surface area contributed by atoms with Crippen LogP contribution in [0.4, 0.5) is 5.69 Å². The Labute approximate surface area is 59.0 Å². The third-order valence-electron chi connectivity index (χ3n) is 1.53. The van der Waals surface area contributed by atoms with E-state index in [1.165, 1.54) is 0 Å². The fraction of sp³-hybridized carbons (Fsp3) is 0.143. The molecule has 1 aliphatic rings. The summed E-state index contributed by atoms with van der Waals surface area (Å²) in [5.74, 6) is 6.42. The van der Waals surface area contributed by atoms with Crippen molar-refractivity contribution in [3.8, 4) is 5.75 Å². The zero-order chi connectivity index (χ0) is 6.97. The highest BCUT2D eigenvalue weighted by Crippen LogP contribution is 2.30. The zero-order valence-electron chi connectivity index (χ0n) is 5.45. The van der Waals surface area contributed by atoms with Crippen LogP contribution in [0.2, 0.25) is 0 Å². The highest BCUT2D eigenvalue weighted by Gasteiger charge is 2.15. The molecule has 3 nitrogen and oxygen atoms in total. The first-order valence-electron chi connectivity index (χ1n) is 3.12. The first-order valence-corrected chi connectivity index (χ1v) is 3.12. The lowest BCUT2D eigenvalue weighted by Gasteiger charge is -2.05. The molecule has 0 aliphatic carbocycles. The number of hydrogen-bond acceptors (Lipinski definition) is 3. The Bertz CT molecular complexity index is 249. The van der Waals surface area contributed by atoms with Crippen molar-refractivity contribution in [3.63, 3.8) is 0 Å². The molecule has 1 aromatic rings. The second-order valence-electron chi connectivity index (χ2n) is 2.21. The summed E-state index contributed by atoms with van der Waals surface area (Å²) in [5.41, 5.74) is 0.961. The Hall–Kier alpha value is -1.22. The maximum Gasteiger partial charge on any atom is 0.175 e. The molecule has 0 bridgehead atoms. The van der Waals surface area contributed by atoms with E-state index in [1.54, 1.807) is 5.01 Å². The topological polar surface area (TPSA) is 38.5 Å². The Kier molecular flexibility index (Phi) is 1.05. The molecule has 1 aromatic carbocycles. The fourth-order valence-electron chi connectivity index (χ4n) is 1.03. The minimum absolute atomic E-state index is 0.458. The normalized spacial score (nSPS) is 14.7. The molecule has 2 rings (SSSR count). The van der Waals surface area contributed by atoms with Gasteiger partial charge in [-0.05, 0) is 12.1 Å². The molecule has 3 heteroatoms. The quantitative estimate of drug-likeness (QED) is 0.534. The van der Waals surface area contributed by atoms with Crippen molar-refractivity contribution in [2.45, 2.75) is 0 Å². The van der Waals surface area contributed by atoms with E-state index in [0.29, 0.717) is 6.73 Å². The van der Waals surface area contributed by atoms with E-state index >= 15 is 0 Å². The molecule has 1 aliphatic heterocycles. The molecule has 0 saturated carbocycles. The van der Waals surface area contributed by atoms with E-state index < -0.39 is 0 Å². The van der Waals surface area contributed by atoms with Gasteiger partial charge in [0.15, 0.2) is 6.73 Å². The molecular weight excluding hydrogens is 128 g/mol. The molecule has 0 spiro atoms. The number of anilines is 1. The predicted octanol–water partition coefficient (Wildman–Crippen LogP) is 0.717.